The molecule has 0 saturated carbocycles. The number of carbonyl (C=O) groups is 1. The molecule has 0 aliphatic carbocycles. The molecular formula is C13H14ClN3O2. The maximum Gasteiger partial charge on any atom is 0.214 e. The van der Waals surface area contributed by atoms with Gasteiger partial charge in [0.15, 0.2) is 0 Å². The van der Waals surface area contributed by atoms with E-state index < -0.39 is 0 Å². The van der Waals surface area contributed by atoms with Crippen molar-refractivity contribution in [1.82, 2.24) is 14.8 Å². The third-order valence-corrected chi connectivity index (χ3v) is 2.93. The zero-order valence-electron chi connectivity index (χ0n) is 10.8. The van der Waals surface area contributed by atoms with E-state index in [1.165, 1.54) is 12.4 Å². The Morgan fingerprint density at radius 1 is 1.42 bits per heavy atom. The van der Waals surface area contributed by atoms with Crippen LogP contribution in [0.3, 0.4) is 0 Å². The van der Waals surface area contributed by atoms with Crippen LogP contribution in [-0.2, 0) is 11.3 Å². The van der Waals surface area contributed by atoms with Crippen LogP contribution in [0, 0.1) is 6.92 Å². The molecule has 0 unspecified atom stereocenters. The van der Waals surface area contributed by atoms with Crippen molar-refractivity contribution in [2.45, 2.75) is 13.5 Å². The average molecular weight is 280 g/mol. The molecule has 2 aromatic heterocycles. The van der Waals surface area contributed by atoms with Gasteiger partial charge in [0.2, 0.25) is 5.78 Å². The molecule has 19 heavy (non-hydrogen) atoms. The van der Waals surface area contributed by atoms with Gasteiger partial charge in [-0.2, -0.15) is 5.10 Å². The van der Waals surface area contributed by atoms with E-state index >= 15 is 0 Å². The third kappa shape index (κ3) is 3.00. The second-order valence-electron chi connectivity index (χ2n) is 4.14. The second-order valence-corrected chi connectivity index (χ2v) is 4.54. The number of hydrogen-bond acceptors (Lipinski definition) is 4. The summed E-state index contributed by atoms with van der Waals surface area (Å²) < 4.78 is 6.54. The van der Waals surface area contributed by atoms with Crippen LogP contribution in [0.4, 0.5) is 0 Å². The lowest BCUT2D eigenvalue weighted by Gasteiger charge is -2.07. The minimum atomic E-state index is -0.185. The summed E-state index contributed by atoms with van der Waals surface area (Å²) in [5, 5.41) is 4.42. The maximum atomic E-state index is 12.4. The number of carbonyl (C=O) groups excluding carboxylic acids is 1. The highest BCUT2D eigenvalue weighted by Crippen LogP contribution is 2.19. The number of rotatable bonds is 5. The van der Waals surface area contributed by atoms with Crippen molar-refractivity contribution in [1.29, 1.82) is 0 Å². The van der Waals surface area contributed by atoms with Gasteiger partial charge in [-0.15, -0.1) is 0 Å². The van der Waals surface area contributed by atoms with Crippen LogP contribution >= 0.6 is 11.6 Å². The Bertz CT molecular complexity index is 595. The highest BCUT2D eigenvalue weighted by Gasteiger charge is 2.19. The molecular weight excluding hydrogens is 266 g/mol. The van der Waals surface area contributed by atoms with Gasteiger partial charge in [0.1, 0.15) is 5.69 Å². The number of halogens is 1. The van der Waals surface area contributed by atoms with E-state index in [9.17, 15) is 4.79 Å². The summed E-state index contributed by atoms with van der Waals surface area (Å²) in [5.74, 6) is -0.185. The molecule has 2 heterocycles. The normalized spacial score (nSPS) is 10.7. The molecule has 0 amide bonds. The summed E-state index contributed by atoms with van der Waals surface area (Å²) in [5.41, 5.74) is 1.79. The van der Waals surface area contributed by atoms with E-state index in [0.717, 1.165) is 5.56 Å². The molecule has 0 N–H and O–H groups in total. The highest BCUT2D eigenvalue weighted by molar-refractivity contribution is 6.34. The van der Waals surface area contributed by atoms with E-state index in [-0.39, 0.29) is 5.78 Å². The minimum absolute atomic E-state index is 0.185. The molecule has 0 spiro atoms. The van der Waals surface area contributed by atoms with E-state index in [2.05, 4.69) is 10.1 Å². The second kappa shape index (κ2) is 5.95. The van der Waals surface area contributed by atoms with Gasteiger partial charge in [-0.1, -0.05) is 11.6 Å². The smallest absolute Gasteiger partial charge is 0.214 e. The molecule has 0 atom stereocenters. The Morgan fingerprint density at radius 3 is 2.89 bits per heavy atom. The van der Waals surface area contributed by atoms with Crippen LogP contribution in [0.15, 0.2) is 24.7 Å². The van der Waals surface area contributed by atoms with Crippen LogP contribution in [-0.4, -0.2) is 34.3 Å². The predicted molar refractivity (Wildman–Crippen MR) is 71.5 cm³/mol. The monoisotopic (exact) mass is 279 g/mol. The summed E-state index contributed by atoms with van der Waals surface area (Å²) in [7, 11) is 1.59. The molecule has 0 aliphatic rings. The molecule has 0 bridgehead atoms. The summed E-state index contributed by atoms with van der Waals surface area (Å²) in [6.45, 7) is 2.82. The Labute approximate surface area is 116 Å². The molecule has 5 nitrogen and oxygen atoms in total. The van der Waals surface area contributed by atoms with Crippen LogP contribution < -0.4 is 0 Å². The van der Waals surface area contributed by atoms with Crippen molar-refractivity contribution < 1.29 is 9.53 Å². The molecule has 0 radical (unpaired) electrons. The van der Waals surface area contributed by atoms with Gasteiger partial charge in [0, 0.05) is 25.1 Å². The van der Waals surface area contributed by atoms with Crippen molar-refractivity contribution in [2.75, 3.05) is 13.7 Å². The standard InChI is InChI=1S/C13H14ClN3O2/c1-9-5-10(7-15-6-9)13(18)12-11(14)8-16-17(12)3-4-19-2/h5-8H,3-4H2,1-2H3. The van der Waals surface area contributed by atoms with Crippen molar-refractivity contribution in [3.63, 3.8) is 0 Å². The molecule has 0 aromatic carbocycles. The lowest BCUT2D eigenvalue weighted by atomic mass is 10.1. The van der Waals surface area contributed by atoms with Crippen molar-refractivity contribution in [3.05, 3.63) is 46.5 Å². The quantitative estimate of drug-likeness (QED) is 0.787. The van der Waals surface area contributed by atoms with Gasteiger partial charge in [0.25, 0.3) is 0 Å². The number of hydrogen-bond donors (Lipinski definition) is 0. The van der Waals surface area contributed by atoms with Crippen molar-refractivity contribution in [3.8, 4) is 0 Å². The molecule has 2 aromatic rings. The first-order valence-electron chi connectivity index (χ1n) is 5.80. The topological polar surface area (TPSA) is 57.0 Å². The fourth-order valence-corrected chi connectivity index (χ4v) is 1.98. The Morgan fingerprint density at radius 2 is 2.21 bits per heavy atom. The number of ketones is 1. The average Bonchev–Trinajstić information content (AvgIpc) is 2.76. The molecule has 0 aliphatic heterocycles. The van der Waals surface area contributed by atoms with Crippen LogP contribution in [0.1, 0.15) is 21.6 Å². The van der Waals surface area contributed by atoms with Crippen LogP contribution in [0.2, 0.25) is 5.02 Å². The van der Waals surface area contributed by atoms with Crippen molar-refractivity contribution in [2.24, 2.45) is 0 Å². The first-order chi connectivity index (χ1) is 9.13. The number of nitrogens with zero attached hydrogens (tertiary/aromatic N) is 3. The largest absolute Gasteiger partial charge is 0.383 e. The van der Waals surface area contributed by atoms with E-state index in [0.29, 0.717) is 29.4 Å². The number of aromatic nitrogens is 3. The summed E-state index contributed by atoms with van der Waals surface area (Å²) in [4.78, 5) is 16.5. The lowest BCUT2D eigenvalue weighted by Crippen LogP contribution is -2.15. The fraction of sp³-hybridized carbons (Fsp3) is 0.308. The Hall–Kier alpha value is -1.72. The fourth-order valence-electron chi connectivity index (χ4n) is 1.75. The van der Waals surface area contributed by atoms with E-state index in [1.54, 1.807) is 24.1 Å². The molecule has 2 rings (SSSR count). The van der Waals surface area contributed by atoms with Gasteiger partial charge in [0.05, 0.1) is 24.4 Å². The summed E-state index contributed by atoms with van der Waals surface area (Å²) >= 11 is 6.04. The zero-order chi connectivity index (χ0) is 13.8. The summed E-state index contributed by atoms with van der Waals surface area (Å²) in [6, 6.07) is 1.78. The highest BCUT2D eigenvalue weighted by atomic mass is 35.5. The van der Waals surface area contributed by atoms with Gasteiger partial charge in [-0.3, -0.25) is 14.5 Å². The number of pyridine rings is 1. The Balaban J connectivity index is 2.35. The van der Waals surface area contributed by atoms with Gasteiger partial charge in [-0.05, 0) is 18.6 Å². The predicted octanol–water partition coefficient (Wildman–Crippen LogP) is 2.12. The number of methoxy groups -OCH3 is 1. The van der Waals surface area contributed by atoms with Gasteiger partial charge >= 0.3 is 0 Å². The van der Waals surface area contributed by atoms with E-state index in [4.69, 9.17) is 16.3 Å². The SMILES string of the molecule is COCCn1ncc(Cl)c1C(=O)c1cncc(C)c1. The number of aryl methyl sites for hydroxylation is 1. The first-order valence-corrected chi connectivity index (χ1v) is 6.18. The van der Waals surface area contributed by atoms with Gasteiger partial charge in [-0.25, -0.2) is 0 Å². The zero-order valence-corrected chi connectivity index (χ0v) is 11.5. The Kier molecular flexibility index (Phi) is 4.29. The van der Waals surface area contributed by atoms with E-state index in [1.807, 2.05) is 6.92 Å². The molecule has 0 fully saturated rings. The lowest BCUT2D eigenvalue weighted by molar-refractivity contribution is 0.102. The van der Waals surface area contributed by atoms with Crippen molar-refractivity contribution >= 4 is 17.4 Å². The summed E-state index contributed by atoms with van der Waals surface area (Å²) in [6.07, 6.45) is 4.69. The third-order valence-electron chi connectivity index (χ3n) is 2.65. The van der Waals surface area contributed by atoms with Gasteiger partial charge < -0.3 is 4.74 Å². The molecule has 6 heteroatoms. The minimum Gasteiger partial charge on any atom is -0.383 e. The van der Waals surface area contributed by atoms with Crippen LogP contribution in [0.25, 0.3) is 0 Å². The number of ether oxygens (including phenoxy) is 1. The molecule has 0 saturated heterocycles. The molecule has 100 valence electrons. The maximum absolute atomic E-state index is 12.4. The first kappa shape index (κ1) is 13.7. The van der Waals surface area contributed by atoms with Crippen LogP contribution in [0.5, 0.6) is 0 Å².